The second kappa shape index (κ2) is 7.16. The van der Waals surface area contributed by atoms with Crippen LogP contribution in [0.1, 0.15) is 13.8 Å². The first kappa shape index (κ1) is 12.9. The van der Waals surface area contributed by atoms with Gasteiger partial charge in [-0.25, -0.2) is 4.98 Å². The number of nitrogens with one attached hydrogen (secondary N) is 2. The molecular weight excluding hydrogens is 224 g/mol. The first-order chi connectivity index (χ1) is 7.76. The lowest BCUT2D eigenvalue weighted by atomic mass is 10.5. The lowest BCUT2D eigenvalue weighted by Gasteiger charge is -2.06. The van der Waals surface area contributed by atoms with E-state index in [1.807, 2.05) is 13.8 Å². The van der Waals surface area contributed by atoms with Crippen LogP contribution >= 0.6 is 0 Å². The van der Waals surface area contributed by atoms with Gasteiger partial charge in [-0.05, 0) is 6.92 Å². The van der Waals surface area contributed by atoms with E-state index in [2.05, 4.69) is 20.6 Å². The van der Waals surface area contributed by atoms with Crippen LogP contribution in [0, 0.1) is 0 Å². The zero-order valence-corrected chi connectivity index (χ0v) is 10.5. The number of anilines is 2. The molecule has 16 heavy (non-hydrogen) atoms. The molecule has 1 atom stereocenters. The fourth-order valence-electron chi connectivity index (χ4n) is 1.15. The first-order valence-corrected chi connectivity index (χ1v) is 6.89. The van der Waals surface area contributed by atoms with E-state index >= 15 is 0 Å². The molecule has 6 heteroatoms. The van der Waals surface area contributed by atoms with E-state index in [0.29, 0.717) is 23.9 Å². The molecule has 0 aliphatic rings. The Morgan fingerprint density at radius 2 is 1.94 bits per heavy atom. The van der Waals surface area contributed by atoms with Crippen molar-refractivity contribution < 1.29 is 4.21 Å². The molecule has 1 aromatic rings. The zero-order chi connectivity index (χ0) is 11.8. The van der Waals surface area contributed by atoms with Gasteiger partial charge in [-0.1, -0.05) is 6.92 Å². The van der Waals surface area contributed by atoms with E-state index in [-0.39, 0.29) is 0 Å². The van der Waals surface area contributed by atoms with Crippen molar-refractivity contribution in [1.29, 1.82) is 0 Å². The molecule has 0 aliphatic carbocycles. The molecule has 0 spiro atoms. The highest BCUT2D eigenvalue weighted by atomic mass is 32.2. The summed E-state index contributed by atoms with van der Waals surface area (Å²) in [7, 11) is -0.736. The van der Waals surface area contributed by atoms with Crippen molar-refractivity contribution >= 4 is 22.4 Å². The van der Waals surface area contributed by atoms with Crippen LogP contribution in [0.4, 0.5) is 11.6 Å². The zero-order valence-electron chi connectivity index (χ0n) is 9.69. The van der Waals surface area contributed by atoms with Crippen molar-refractivity contribution in [1.82, 2.24) is 9.97 Å². The smallest absolute Gasteiger partial charge is 0.146 e. The summed E-state index contributed by atoms with van der Waals surface area (Å²) in [6, 6.07) is 0. The predicted octanol–water partition coefficient (Wildman–Crippen LogP) is 1.09. The van der Waals surface area contributed by atoms with E-state index in [4.69, 9.17) is 0 Å². The van der Waals surface area contributed by atoms with Crippen molar-refractivity contribution in [2.24, 2.45) is 0 Å². The van der Waals surface area contributed by atoms with Crippen molar-refractivity contribution in [3.05, 3.63) is 12.4 Å². The average molecular weight is 242 g/mol. The van der Waals surface area contributed by atoms with E-state index < -0.39 is 10.8 Å². The van der Waals surface area contributed by atoms with Gasteiger partial charge in [0.25, 0.3) is 0 Å². The van der Waals surface area contributed by atoms with Crippen LogP contribution in [0.5, 0.6) is 0 Å². The summed E-state index contributed by atoms with van der Waals surface area (Å²) < 4.78 is 11.2. The van der Waals surface area contributed by atoms with Crippen LogP contribution in [-0.4, -0.2) is 38.8 Å². The molecule has 0 aliphatic heterocycles. The van der Waals surface area contributed by atoms with Gasteiger partial charge < -0.3 is 10.6 Å². The van der Waals surface area contributed by atoms with Crippen LogP contribution in [0.15, 0.2) is 12.4 Å². The van der Waals surface area contributed by atoms with Crippen molar-refractivity contribution in [2.45, 2.75) is 13.8 Å². The maximum Gasteiger partial charge on any atom is 0.146 e. The third-order valence-corrected chi connectivity index (χ3v) is 3.25. The van der Waals surface area contributed by atoms with E-state index in [1.54, 1.807) is 12.4 Å². The van der Waals surface area contributed by atoms with Gasteiger partial charge in [-0.15, -0.1) is 0 Å². The number of hydrogen-bond acceptors (Lipinski definition) is 5. The maximum atomic E-state index is 11.2. The van der Waals surface area contributed by atoms with Gasteiger partial charge in [-0.3, -0.25) is 9.19 Å². The monoisotopic (exact) mass is 242 g/mol. The largest absolute Gasteiger partial charge is 0.369 e. The minimum Gasteiger partial charge on any atom is -0.369 e. The molecule has 0 fully saturated rings. The Kier molecular flexibility index (Phi) is 5.77. The molecule has 0 aromatic carbocycles. The number of nitrogens with zero attached hydrogens (tertiary/aromatic N) is 2. The molecule has 0 bridgehead atoms. The second-order valence-corrected chi connectivity index (χ2v) is 5.04. The number of rotatable bonds is 7. The Bertz CT molecular complexity index is 345. The van der Waals surface area contributed by atoms with Crippen LogP contribution in [0.3, 0.4) is 0 Å². The van der Waals surface area contributed by atoms with Crippen LogP contribution in [-0.2, 0) is 10.8 Å². The Morgan fingerprint density at radius 1 is 1.25 bits per heavy atom. The van der Waals surface area contributed by atoms with Gasteiger partial charge in [0.2, 0.25) is 0 Å². The fourth-order valence-corrected chi connectivity index (χ4v) is 1.77. The van der Waals surface area contributed by atoms with E-state index in [0.717, 1.165) is 12.4 Å². The SMILES string of the molecule is CCNc1cncc(NCCS(=O)CC)n1. The molecule has 0 saturated heterocycles. The summed E-state index contributed by atoms with van der Waals surface area (Å²) in [6.07, 6.45) is 3.34. The lowest BCUT2D eigenvalue weighted by Crippen LogP contribution is -2.13. The quantitative estimate of drug-likeness (QED) is 0.749. The molecule has 0 radical (unpaired) electrons. The molecule has 1 rings (SSSR count). The summed E-state index contributed by atoms with van der Waals surface area (Å²) >= 11 is 0. The standard InChI is InChI=1S/C10H18N4OS/c1-3-12-9-7-11-8-10(14-9)13-5-6-16(15)4-2/h7-8H,3-6H2,1-2H3,(H2,12,13,14). The van der Waals surface area contributed by atoms with Gasteiger partial charge in [-0.2, -0.15) is 0 Å². The Balaban J connectivity index is 2.41. The molecular formula is C10H18N4OS. The third-order valence-electron chi connectivity index (χ3n) is 1.95. The molecule has 0 amide bonds. The Labute approximate surface area is 98.5 Å². The topological polar surface area (TPSA) is 66.9 Å². The predicted molar refractivity (Wildman–Crippen MR) is 68.2 cm³/mol. The second-order valence-electron chi connectivity index (χ2n) is 3.18. The van der Waals surface area contributed by atoms with Gasteiger partial charge in [0.1, 0.15) is 11.6 Å². The fraction of sp³-hybridized carbons (Fsp3) is 0.600. The van der Waals surface area contributed by atoms with Gasteiger partial charge in [0.15, 0.2) is 0 Å². The first-order valence-electron chi connectivity index (χ1n) is 5.41. The van der Waals surface area contributed by atoms with Gasteiger partial charge in [0, 0.05) is 35.4 Å². The molecule has 1 heterocycles. The van der Waals surface area contributed by atoms with Crippen LogP contribution in [0.25, 0.3) is 0 Å². The highest BCUT2D eigenvalue weighted by molar-refractivity contribution is 7.84. The lowest BCUT2D eigenvalue weighted by molar-refractivity contribution is 0.684. The summed E-state index contributed by atoms with van der Waals surface area (Å²) in [5.41, 5.74) is 0. The number of aromatic nitrogens is 2. The third kappa shape index (κ3) is 4.57. The Hall–Kier alpha value is -1.17. The summed E-state index contributed by atoms with van der Waals surface area (Å²) in [5.74, 6) is 2.81. The van der Waals surface area contributed by atoms with E-state index in [9.17, 15) is 4.21 Å². The average Bonchev–Trinajstić information content (AvgIpc) is 2.30. The minimum atomic E-state index is -0.736. The maximum absolute atomic E-state index is 11.2. The Morgan fingerprint density at radius 3 is 2.56 bits per heavy atom. The van der Waals surface area contributed by atoms with Crippen LogP contribution < -0.4 is 10.6 Å². The summed E-state index contributed by atoms with van der Waals surface area (Å²) in [5, 5.41) is 6.19. The molecule has 2 N–H and O–H groups in total. The highest BCUT2D eigenvalue weighted by Crippen LogP contribution is 2.05. The molecule has 0 saturated carbocycles. The highest BCUT2D eigenvalue weighted by Gasteiger charge is 1.99. The van der Waals surface area contributed by atoms with Crippen molar-refractivity contribution in [3.8, 4) is 0 Å². The molecule has 5 nitrogen and oxygen atoms in total. The molecule has 1 aromatic heterocycles. The molecule has 90 valence electrons. The van der Waals surface area contributed by atoms with Crippen molar-refractivity contribution in [2.75, 3.05) is 35.2 Å². The summed E-state index contributed by atoms with van der Waals surface area (Å²) in [6.45, 7) is 5.40. The summed E-state index contributed by atoms with van der Waals surface area (Å²) in [4.78, 5) is 8.36. The van der Waals surface area contributed by atoms with Crippen LogP contribution in [0.2, 0.25) is 0 Å². The van der Waals surface area contributed by atoms with Crippen molar-refractivity contribution in [3.63, 3.8) is 0 Å². The molecule has 1 unspecified atom stereocenters. The van der Waals surface area contributed by atoms with Gasteiger partial charge in [0.05, 0.1) is 12.4 Å². The van der Waals surface area contributed by atoms with Gasteiger partial charge >= 0.3 is 0 Å². The minimum absolute atomic E-state index is 0.642. The number of hydrogen-bond donors (Lipinski definition) is 2. The normalized spacial score (nSPS) is 12.1. The van der Waals surface area contributed by atoms with E-state index in [1.165, 1.54) is 0 Å².